The van der Waals surface area contributed by atoms with E-state index in [2.05, 4.69) is 41.5 Å². The van der Waals surface area contributed by atoms with Gasteiger partial charge in [-0.15, -0.1) is 11.3 Å². The summed E-state index contributed by atoms with van der Waals surface area (Å²) in [7, 11) is 0. The van der Waals surface area contributed by atoms with Crippen LogP contribution in [-0.2, 0) is 6.42 Å². The third-order valence-electron chi connectivity index (χ3n) is 3.11. The van der Waals surface area contributed by atoms with Crippen LogP contribution in [0.3, 0.4) is 0 Å². The van der Waals surface area contributed by atoms with Crippen LogP contribution in [0.1, 0.15) is 10.6 Å². The van der Waals surface area contributed by atoms with Gasteiger partial charge in [0.25, 0.3) is 0 Å². The largest absolute Gasteiger partial charge is 0.385 e. The molecule has 0 atom stereocenters. The van der Waals surface area contributed by atoms with Crippen LogP contribution in [0.4, 0.5) is 5.69 Å². The van der Waals surface area contributed by atoms with Crippen molar-refractivity contribution in [3.63, 3.8) is 0 Å². The number of anilines is 1. The predicted molar refractivity (Wildman–Crippen MR) is 88.0 cm³/mol. The summed E-state index contributed by atoms with van der Waals surface area (Å²) in [5, 5.41) is 5.30. The van der Waals surface area contributed by atoms with E-state index in [1.165, 1.54) is 10.3 Å². The summed E-state index contributed by atoms with van der Waals surface area (Å²) >= 11 is 7.71. The lowest BCUT2D eigenvalue weighted by Crippen LogP contribution is -2.04. The first kappa shape index (κ1) is 13.4. The molecule has 0 fully saturated rings. The molecular weight excluding hydrogens is 288 g/mol. The fourth-order valence-corrected chi connectivity index (χ4v) is 3.15. The molecule has 0 aliphatic carbocycles. The summed E-state index contributed by atoms with van der Waals surface area (Å²) in [6.07, 6.45) is 0.921. The highest BCUT2D eigenvalue weighted by Crippen LogP contribution is 2.25. The molecule has 1 aromatic heterocycles. The van der Waals surface area contributed by atoms with E-state index in [1.54, 1.807) is 11.3 Å². The summed E-state index contributed by atoms with van der Waals surface area (Å²) in [5.41, 5.74) is 3.42. The standard InChI is InChI=1S/C16H15ClN2S/c1-11-2-5-13(6-3-11)18-9-8-16-19-14-10-12(17)4-7-15(14)20-16/h2-7,10,18H,8-9H2,1H3. The first-order valence-electron chi connectivity index (χ1n) is 6.56. The first-order chi connectivity index (χ1) is 9.70. The third-order valence-corrected chi connectivity index (χ3v) is 4.44. The van der Waals surface area contributed by atoms with Crippen LogP contribution >= 0.6 is 22.9 Å². The average molecular weight is 303 g/mol. The molecule has 0 saturated heterocycles. The SMILES string of the molecule is Cc1ccc(NCCc2nc3cc(Cl)ccc3s2)cc1. The number of nitrogens with one attached hydrogen (secondary N) is 1. The predicted octanol–water partition coefficient (Wildman–Crippen LogP) is 4.91. The van der Waals surface area contributed by atoms with E-state index in [0.717, 1.165) is 34.2 Å². The lowest BCUT2D eigenvalue weighted by atomic mass is 10.2. The van der Waals surface area contributed by atoms with Crippen molar-refractivity contribution in [2.45, 2.75) is 13.3 Å². The number of fused-ring (bicyclic) bond motifs is 1. The molecule has 3 rings (SSSR count). The van der Waals surface area contributed by atoms with Crippen LogP contribution in [0.15, 0.2) is 42.5 Å². The van der Waals surface area contributed by atoms with E-state index in [4.69, 9.17) is 11.6 Å². The number of hydrogen-bond acceptors (Lipinski definition) is 3. The lowest BCUT2D eigenvalue weighted by molar-refractivity contribution is 1.00. The minimum atomic E-state index is 0.743. The van der Waals surface area contributed by atoms with Crippen LogP contribution in [0, 0.1) is 6.92 Å². The minimum Gasteiger partial charge on any atom is -0.385 e. The topological polar surface area (TPSA) is 24.9 Å². The second-order valence-electron chi connectivity index (χ2n) is 4.76. The van der Waals surface area contributed by atoms with E-state index >= 15 is 0 Å². The van der Waals surface area contributed by atoms with Gasteiger partial charge in [0.05, 0.1) is 15.2 Å². The normalized spacial score (nSPS) is 10.9. The Bertz CT molecular complexity index is 719. The maximum Gasteiger partial charge on any atom is 0.0956 e. The zero-order valence-electron chi connectivity index (χ0n) is 11.2. The van der Waals surface area contributed by atoms with E-state index in [0.29, 0.717) is 0 Å². The second-order valence-corrected chi connectivity index (χ2v) is 6.31. The van der Waals surface area contributed by atoms with E-state index in [1.807, 2.05) is 18.2 Å². The molecule has 102 valence electrons. The Kier molecular flexibility index (Phi) is 3.90. The Balaban J connectivity index is 1.63. The molecule has 0 radical (unpaired) electrons. The summed E-state index contributed by atoms with van der Waals surface area (Å²) < 4.78 is 1.19. The van der Waals surface area contributed by atoms with Crippen LogP contribution in [-0.4, -0.2) is 11.5 Å². The maximum absolute atomic E-state index is 5.98. The molecule has 0 saturated carbocycles. The van der Waals surface area contributed by atoms with Crippen molar-refractivity contribution < 1.29 is 0 Å². The molecule has 1 N–H and O–H groups in total. The molecule has 0 bridgehead atoms. The lowest BCUT2D eigenvalue weighted by Gasteiger charge is -2.04. The van der Waals surface area contributed by atoms with Gasteiger partial charge in [0.1, 0.15) is 0 Å². The average Bonchev–Trinajstić information content (AvgIpc) is 2.83. The van der Waals surface area contributed by atoms with Gasteiger partial charge in [-0.3, -0.25) is 0 Å². The summed E-state index contributed by atoms with van der Waals surface area (Å²) in [5.74, 6) is 0. The molecule has 0 amide bonds. The zero-order valence-corrected chi connectivity index (χ0v) is 12.8. The number of rotatable bonds is 4. The molecule has 0 unspecified atom stereocenters. The number of hydrogen-bond donors (Lipinski definition) is 1. The Morgan fingerprint density at radius 1 is 1.15 bits per heavy atom. The van der Waals surface area contributed by atoms with Crippen molar-refractivity contribution in [3.8, 4) is 0 Å². The quantitative estimate of drug-likeness (QED) is 0.740. The summed E-state index contributed by atoms with van der Waals surface area (Å²) in [6, 6.07) is 14.3. The number of nitrogens with zero attached hydrogens (tertiary/aromatic N) is 1. The number of benzene rings is 2. The number of halogens is 1. The van der Waals surface area contributed by atoms with Gasteiger partial charge in [0.15, 0.2) is 0 Å². The van der Waals surface area contributed by atoms with Crippen LogP contribution in [0.5, 0.6) is 0 Å². The highest BCUT2D eigenvalue weighted by molar-refractivity contribution is 7.18. The first-order valence-corrected chi connectivity index (χ1v) is 7.76. The van der Waals surface area contributed by atoms with Crippen LogP contribution in [0.25, 0.3) is 10.2 Å². The van der Waals surface area contributed by atoms with Gasteiger partial charge in [-0.25, -0.2) is 4.98 Å². The van der Waals surface area contributed by atoms with Crippen molar-refractivity contribution in [2.24, 2.45) is 0 Å². The molecular formula is C16H15ClN2S. The molecule has 2 nitrogen and oxygen atoms in total. The monoisotopic (exact) mass is 302 g/mol. The molecule has 2 aromatic carbocycles. The minimum absolute atomic E-state index is 0.743. The fourth-order valence-electron chi connectivity index (χ4n) is 2.04. The van der Waals surface area contributed by atoms with Gasteiger partial charge in [-0.05, 0) is 37.3 Å². The number of thiazole rings is 1. The summed E-state index contributed by atoms with van der Waals surface area (Å²) in [4.78, 5) is 4.61. The highest BCUT2D eigenvalue weighted by atomic mass is 35.5. The van der Waals surface area contributed by atoms with Crippen molar-refractivity contribution in [3.05, 3.63) is 58.1 Å². The Labute approximate surface area is 127 Å². The molecule has 4 heteroatoms. The maximum atomic E-state index is 5.98. The molecule has 0 spiro atoms. The van der Waals surface area contributed by atoms with Crippen molar-refractivity contribution in [1.82, 2.24) is 4.98 Å². The number of aromatic nitrogens is 1. The molecule has 0 aliphatic rings. The Morgan fingerprint density at radius 2 is 1.95 bits per heavy atom. The van der Waals surface area contributed by atoms with Crippen molar-refractivity contribution >= 4 is 38.8 Å². The highest BCUT2D eigenvalue weighted by Gasteiger charge is 2.04. The smallest absolute Gasteiger partial charge is 0.0956 e. The van der Waals surface area contributed by atoms with Crippen LogP contribution < -0.4 is 5.32 Å². The van der Waals surface area contributed by atoms with E-state index < -0.39 is 0 Å². The molecule has 3 aromatic rings. The van der Waals surface area contributed by atoms with Gasteiger partial charge >= 0.3 is 0 Å². The van der Waals surface area contributed by atoms with E-state index in [-0.39, 0.29) is 0 Å². The van der Waals surface area contributed by atoms with Crippen LogP contribution in [0.2, 0.25) is 5.02 Å². The zero-order chi connectivity index (χ0) is 13.9. The van der Waals surface area contributed by atoms with Crippen molar-refractivity contribution in [2.75, 3.05) is 11.9 Å². The number of aryl methyl sites for hydroxylation is 1. The van der Waals surface area contributed by atoms with E-state index in [9.17, 15) is 0 Å². The molecule has 1 heterocycles. The van der Waals surface area contributed by atoms with Gasteiger partial charge in [0.2, 0.25) is 0 Å². The Hall–Kier alpha value is -1.58. The van der Waals surface area contributed by atoms with Gasteiger partial charge in [-0.1, -0.05) is 29.3 Å². The summed E-state index contributed by atoms with van der Waals surface area (Å²) in [6.45, 7) is 2.98. The molecule has 20 heavy (non-hydrogen) atoms. The second kappa shape index (κ2) is 5.81. The Morgan fingerprint density at radius 3 is 2.75 bits per heavy atom. The van der Waals surface area contributed by atoms with Gasteiger partial charge < -0.3 is 5.32 Å². The van der Waals surface area contributed by atoms with Gasteiger partial charge in [0, 0.05) is 23.7 Å². The molecule has 0 aliphatic heterocycles. The fraction of sp³-hybridized carbons (Fsp3) is 0.188. The van der Waals surface area contributed by atoms with Gasteiger partial charge in [-0.2, -0.15) is 0 Å². The third kappa shape index (κ3) is 3.11. The van der Waals surface area contributed by atoms with Crippen molar-refractivity contribution in [1.29, 1.82) is 0 Å².